The van der Waals surface area contributed by atoms with Gasteiger partial charge in [-0.05, 0) is 30.1 Å². The summed E-state index contributed by atoms with van der Waals surface area (Å²) in [5, 5.41) is 6.23. The SMILES string of the molecule is CCNC(c1ccc(OC)cc1OC)c1sccc1Cl. The van der Waals surface area contributed by atoms with E-state index in [-0.39, 0.29) is 6.04 Å². The van der Waals surface area contributed by atoms with Crippen LogP contribution in [0.1, 0.15) is 23.4 Å². The first-order chi connectivity index (χ1) is 9.71. The van der Waals surface area contributed by atoms with Crippen molar-refractivity contribution in [3.8, 4) is 11.5 Å². The number of ether oxygens (including phenoxy) is 2. The average Bonchev–Trinajstić information content (AvgIpc) is 2.90. The molecule has 0 aliphatic rings. The molecule has 1 unspecified atom stereocenters. The first-order valence-corrected chi connectivity index (χ1v) is 7.65. The molecule has 0 aliphatic heterocycles. The molecule has 1 aromatic carbocycles. The molecule has 2 rings (SSSR count). The molecule has 0 bridgehead atoms. The first kappa shape index (κ1) is 15.2. The second-order valence-corrected chi connectivity index (χ2v) is 5.59. The van der Waals surface area contributed by atoms with E-state index in [2.05, 4.69) is 12.2 Å². The first-order valence-electron chi connectivity index (χ1n) is 6.39. The minimum atomic E-state index is 0.0216. The van der Waals surface area contributed by atoms with E-state index in [4.69, 9.17) is 21.1 Å². The van der Waals surface area contributed by atoms with Crippen molar-refractivity contribution in [2.45, 2.75) is 13.0 Å². The van der Waals surface area contributed by atoms with Crippen LogP contribution in [0.3, 0.4) is 0 Å². The van der Waals surface area contributed by atoms with Gasteiger partial charge in [0.1, 0.15) is 11.5 Å². The number of hydrogen-bond donors (Lipinski definition) is 1. The lowest BCUT2D eigenvalue weighted by molar-refractivity contribution is 0.388. The Morgan fingerprint density at radius 3 is 2.60 bits per heavy atom. The number of hydrogen-bond acceptors (Lipinski definition) is 4. The molecule has 1 atom stereocenters. The topological polar surface area (TPSA) is 30.5 Å². The third-order valence-corrected chi connectivity index (χ3v) is 4.49. The maximum absolute atomic E-state index is 6.28. The Morgan fingerprint density at radius 1 is 1.25 bits per heavy atom. The third-order valence-electron chi connectivity index (χ3n) is 3.07. The van der Waals surface area contributed by atoms with E-state index in [0.29, 0.717) is 0 Å². The summed E-state index contributed by atoms with van der Waals surface area (Å²) in [5.41, 5.74) is 1.06. The van der Waals surface area contributed by atoms with Crippen LogP contribution in [0.5, 0.6) is 11.5 Å². The van der Waals surface area contributed by atoms with Crippen LogP contribution < -0.4 is 14.8 Å². The van der Waals surface area contributed by atoms with Gasteiger partial charge < -0.3 is 14.8 Å². The maximum Gasteiger partial charge on any atom is 0.127 e. The van der Waals surface area contributed by atoms with Crippen LogP contribution in [0, 0.1) is 0 Å². The van der Waals surface area contributed by atoms with Gasteiger partial charge in [0.05, 0.1) is 25.3 Å². The number of halogens is 1. The zero-order valence-corrected chi connectivity index (χ0v) is 13.3. The molecule has 5 heteroatoms. The fraction of sp³-hybridized carbons (Fsp3) is 0.333. The van der Waals surface area contributed by atoms with Crippen molar-refractivity contribution in [3.05, 3.63) is 45.1 Å². The highest BCUT2D eigenvalue weighted by Crippen LogP contribution is 2.38. The van der Waals surface area contributed by atoms with Gasteiger partial charge in [-0.3, -0.25) is 0 Å². The van der Waals surface area contributed by atoms with Crippen LogP contribution in [0.25, 0.3) is 0 Å². The van der Waals surface area contributed by atoms with Gasteiger partial charge in [0.2, 0.25) is 0 Å². The van der Waals surface area contributed by atoms with Crippen LogP contribution in [0.4, 0.5) is 0 Å². The normalized spacial score (nSPS) is 12.2. The molecule has 1 aromatic heterocycles. The standard InChI is InChI=1S/C15H18ClNO2S/c1-4-17-14(15-12(16)7-8-20-15)11-6-5-10(18-2)9-13(11)19-3/h5-9,14,17H,4H2,1-3H3. The molecule has 0 spiro atoms. The van der Waals surface area contributed by atoms with Gasteiger partial charge in [-0.15, -0.1) is 11.3 Å². The Kier molecular flexibility index (Phi) is 5.29. The number of thiophene rings is 1. The van der Waals surface area contributed by atoms with Gasteiger partial charge in [-0.1, -0.05) is 18.5 Å². The monoisotopic (exact) mass is 311 g/mol. The van der Waals surface area contributed by atoms with Crippen molar-refractivity contribution in [1.29, 1.82) is 0 Å². The van der Waals surface area contributed by atoms with Crippen LogP contribution in [0.2, 0.25) is 5.02 Å². The fourth-order valence-corrected chi connectivity index (χ4v) is 3.37. The van der Waals surface area contributed by atoms with Crippen LogP contribution >= 0.6 is 22.9 Å². The summed E-state index contributed by atoms with van der Waals surface area (Å²) in [4.78, 5) is 1.09. The summed E-state index contributed by atoms with van der Waals surface area (Å²) < 4.78 is 10.7. The van der Waals surface area contributed by atoms with E-state index >= 15 is 0 Å². The second kappa shape index (κ2) is 6.97. The van der Waals surface area contributed by atoms with Crippen LogP contribution in [-0.2, 0) is 0 Å². The second-order valence-electron chi connectivity index (χ2n) is 4.23. The Balaban J connectivity index is 2.46. The Morgan fingerprint density at radius 2 is 2.05 bits per heavy atom. The van der Waals surface area contributed by atoms with E-state index in [9.17, 15) is 0 Å². The Bertz CT molecular complexity index is 571. The minimum absolute atomic E-state index is 0.0216. The summed E-state index contributed by atoms with van der Waals surface area (Å²) >= 11 is 7.92. The molecule has 0 amide bonds. The van der Waals surface area contributed by atoms with Gasteiger partial charge in [0, 0.05) is 16.5 Å². The molecule has 108 valence electrons. The molecule has 20 heavy (non-hydrogen) atoms. The summed E-state index contributed by atoms with van der Waals surface area (Å²) in [7, 11) is 3.31. The number of nitrogens with one attached hydrogen (secondary N) is 1. The predicted molar refractivity (Wildman–Crippen MR) is 84.4 cm³/mol. The average molecular weight is 312 g/mol. The highest BCUT2D eigenvalue weighted by Gasteiger charge is 2.21. The minimum Gasteiger partial charge on any atom is -0.497 e. The number of benzene rings is 1. The highest BCUT2D eigenvalue weighted by atomic mass is 35.5. The van der Waals surface area contributed by atoms with Gasteiger partial charge in [-0.25, -0.2) is 0 Å². The number of rotatable bonds is 6. The van der Waals surface area contributed by atoms with Gasteiger partial charge in [-0.2, -0.15) is 0 Å². The van der Waals surface area contributed by atoms with E-state index < -0.39 is 0 Å². The van der Waals surface area contributed by atoms with Gasteiger partial charge in [0.15, 0.2) is 0 Å². The molecule has 3 nitrogen and oxygen atoms in total. The Hall–Kier alpha value is -1.23. The van der Waals surface area contributed by atoms with Crippen molar-refractivity contribution in [2.75, 3.05) is 20.8 Å². The molecule has 0 fully saturated rings. The molecule has 0 aliphatic carbocycles. The van der Waals surface area contributed by atoms with Crippen molar-refractivity contribution in [2.24, 2.45) is 0 Å². The zero-order valence-electron chi connectivity index (χ0n) is 11.8. The van der Waals surface area contributed by atoms with Crippen molar-refractivity contribution < 1.29 is 9.47 Å². The molecule has 1 N–H and O–H groups in total. The quantitative estimate of drug-likeness (QED) is 0.870. The molecule has 0 saturated heterocycles. The largest absolute Gasteiger partial charge is 0.497 e. The molecule has 0 radical (unpaired) electrons. The van der Waals surface area contributed by atoms with Crippen molar-refractivity contribution >= 4 is 22.9 Å². The fourth-order valence-electron chi connectivity index (χ4n) is 2.12. The van der Waals surface area contributed by atoms with Crippen molar-refractivity contribution in [3.63, 3.8) is 0 Å². The molecule has 1 heterocycles. The molecular formula is C15H18ClNO2S. The molecule has 2 aromatic rings. The predicted octanol–water partition coefficient (Wildman–Crippen LogP) is 4.12. The summed E-state index contributed by atoms with van der Waals surface area (Å²) in [6.07, 6.45) is 0. The van der Waals surface area contributed by atoms with Crippen LogP contribution in [0.15, 0.2) is 29.6 Å². The lowest BCUT2D eigenvalue weighted by Gasteiger charge is -2.20. The van der Waals surface area contributed by atoms with E-state index in [1.54, 1.807) is 25.6 Å². The molecular weight excluding hydrogens is 294 g/mol. The summed E-state index contributed by atoms with van der Waals surface area (Å²) in [6.45, 7) is 2.92. The van der Waals surface area contributed by atoms with E-state index in [0.717, 1.165) is 33.5 Å². The van der Waals surface area contributed by atoms with Crippen LogP contribution in [-0.4, -0.2) is 20.8 Å². The van der Waals surface area contributed by atoms with Crippen molar-refractivity contribution in [1.82, 2.24) is 5.32 Å². The smallest absolute Gasteiger partial charge is 0.127 e. The highest BCUT2D eigenvalue weighted by molar-refractivity contribution is 7.10. The van der Waals surface area contributed by atoms with Gasteiger partial charge in [0.25, 0.3) is 0 Å². The third kappa shape index (κ3) is 3.08. The maximum atomic E-state index is 6.28. The summed E-state index contributed by atoms with van der Waals surface area (Å²) in [5.74, 6) is 1.57. The van der Waals surface area contributed by atoms with Gasteiger partial charge >= 0.3 is 0 Å². The lowest BCUT2D eigenvalue weighted by atomic mass is 10.0. The van der Waals surface area contributed by atoms with E-state index in [1.165, 1.54) is 0 Å². The Labute approximate surface area is 128 Å². The van der Waals surface area contributed by atoms with E-state index in [1.807, 2.05) is 29.6 Å². The molecule has 0 saturated carbocycles. The lowest BCUT2D eigenvalue weighted by Crippen LogP contribution is -2.22. The summed E-state index contributed by atoms with van der Waals surface area (Å²) in [6, 6.07) is 7.78. The zero-order chi connectivity index (χ0) is 14.5. The number of methoxy groups -OCH3 is 2.